The summed E-state index contributed by atoms with van der Waals surface area (Å²) in [6.07, 6.45) is 3.24. The molecule has 2 unspecified atom stereocenters. The Morgan fingerprint density at radius 2 is 1.90 bits per heavy atom. The molecule has 5 heteroatoms. The lowest BCUT2D eigenvalue weighted by atomic mass is 9.58. The first-order valence-corrected chi connectivity index (χ1v) is 7.71. The predicted octanol–water partition coefficient (Wildman–Crippen LogP) is 2.39. The van der Waals surface area contributed by atoms with Crippen LogP contribution in [0.2, 0.25) is 0 Å². The van der Waals surface area contributed by atoms with E-state index >= 15 is 0 Å². The van der Waals surface area contributed by atoms with E-state index in [2.05, 4.69) is 6.92 Å². The van der Waals surface area contributed by atoms with Gasteiger partial charge in [-0.1, -0.05) is 13.8 Å². The minimum absolute atomic E-state index is 0.123. The molecule has 1 aliphatic carbocycles. The molecule has 1 spiro atoms. The summed E-state index contributed by atoms with van der Waals surface area (Å²) in [5, 5.41) is 0. The Morgan fingerprint density at radius 3 is 2.70 bits per heavy atom. The summed E-state index contributed by atoms with van der Waals surface area (Å²) in [7, 11) is 0. The fourth-order valence-electron chi connectivity index (χ4n) is 4.76. The Bertz CT molecular complexity index is 452. The Morgan fingerprint density at radius 1 is 1.10 bits per heavy atom. The van der Waals surface area contributed by atoms with Crippen LogP contribution in [0.25, 0.3) is 0 Å². The van der Waals surface area contributed by atoms with Crippen LogP contribution in [0.4, 0.5) is 0 Å². The number of fused-ring (bicyclic) bond motifs is 2. The molecule has 4 heterocycles. The van der Waals surface area contributed by atoms with E-state index in [-0.39, 0.29) is 17.8 Å². The van der Waals surface area contributed by atoms with Gasteiger partial charge in [-0.2, -0.15) is 0 Å². The van der Waals surface area contributed by atoms with Crippen molar-refractivity contribution in [2.45, 2.75) is 64.1 Å². The first kappa shape index (κ1) is 13.0. The molecule has 1 saturated carbocycles. The van der Waals surface area contributed by atoms with Crippen LogP contribution < -0.4 is 0 Å². The first-order chi connectivity index (χ1) is 9.46. The molecule has 4 aliphatic heterocycles. The number of rotatable bonds is 0. The standard InChI is InChI=1S/C15H22O5/c1-8-4-5-11-9(2)12(16)17-13-15(11)10(8)6-7-14(3,18-13)19-20-15/h8-11,13H,4-7H2,1-3H3/t8?,9?,10-,11+,13-,14-,15-/m0/s1. The Balaban J connectivity index is 1.84. The minimum Gasteiger partial charge on any atom is -0.432 e. The van der Waals surface area contributed by atoms with Gasteiger partial charge in [-0.25, -0.2) is 9.78 Å². The molecule has 0 amide bonds. The molecule has 2 bridgehead atoms. The van der Waals surface area contributed by atoms with Crippen molar-refractivity contribution in [2.24, 2.45) is 23.7 Å². The van der Waals surface area contributed by atoms with Crippen molar-refractivity contribution in [3.05, 3.63) is 0 Å². The molecule has 0 aromatic carbocycles. The number of carbonyl (C=O) groups is 1. The molecule has 0 N–H and O–H groups in total. The first-order valence-electron chi connectivity index (χ1n) is 7.71. The van der Waals surface area contributed by atoms with Gasteiger partial charge in [0.25, 0.3) is 0 Å². The summed E-state index contributed by atoms with van der Waals surface area (Å²) in [5.41, 5.74) is -0.610. The molecule has 7 atom stereocenters. The van der Waals surface area contributed by atoms with Crippen molar-refractivity contribution < 1.29 is 24.0 Å². The zero-order chi connectivity index (χ0) is 14.1. The summed E-state index contributed by atoms with van der Waals surface area (Å²) >= 11 is 0. The molecule has 0 aromatic rings. The highest BCUT2D eigenvalue weighted by molar-refractivity contribution is 5.74. The predicted molar refractivity (Wildman–Crippen MR) is 68.0 cm³/mol. The van der Waals surface area contributed by atoms with Gasteiger partial charge >= 0.3 is 5.97 Å². The van der Waals surface area contributed by atoms with Crippen molar-refractivity contribution in [3.8, 4) is 0 Å². The van der Waals surface area contributed by atoms with Crippen LogP contribution >= 0.6 is 0 Å². The van der Waals surface area contributed by atoms with Gasteiger partial charge in [-0.15, -0.1) is 0 Å². The van der Waals surface area contributed by atoms with Crippen LogP contribution in [0.15, 0.2) is 0 Å². The third kappa shape index (κ3) is 1.46. The fourth-order valence-corrected chi connectivity index (χ4v) is 4.76. The number of hydrogen-bond donors (Lipinski definition) is 0. The summed E-state index contributed by atoms with van der Waals surface area (Å²) < 4.78 is 11.6. The second-order valence-electron chi connectivity index (χ2n) is 7.14. The van der Waals surface area contributed by atoms with Gasteiger partial charge in [-0.05, 0) is 32.1 Å². The molecule has 5 nitrogen and oxygen atoms in total. The molecule has 5 rings (SSSR count). The highest BCUT2D eigenvalue weighted by Gasteiger charge is 2.69. The van der Waals surface area contributed by atoms with Crippen molar-refractivity contribution in [2.75, 3.05) is 0 Å². The van der Waals surface area contributed by atoms with E-state index in [9.17, 15) is 4.79 Å². The second-order valence-corrected chi connectivity index (χ2v) is 7.14. The average Bonchev–Trinajstić information content (AvgIpc) is 2.63. The molecule has 0 radical (unpaired) electrons. The van der Waals surface area contributed by atoms with Crippen LogP contribution in [0.5, 0.6) is 0 Å². The largest absolute Gasteiger partial charge is 0.432 e. The van der Waals surface area contributed by atoms with E-state index in [0.717, 1.165) is 25.7 Å². The highest BCUT2D eigenvalue weighted by atomic mass is 17.3. The lowest BCUT2D eigenvalue weighted by molar-refractivity contribution is -0.559. The van der Waals surface area contributed by atoms with E-state index in [4.69, 9.17) is 19.2 Å². The second kappa shape index (κ2) is 3.96. The van der Waals surface area contributed by atoms with E-state index in [0.29, 0.717) is 11.8 Å². The van der Waals surface area contributed by atoms with Crippen molar-refractivity contribution in [3.63, 3.8) is 0 Å². The van der Waals surface area contributed by atoms with E-state index < -0.39 is 17.7 Å². The number of carbonyl (C=O) groups excluding carboxylic acids is 1. The summed E-state index contributed by atoms with van der Waals surface area (Å²) in [4.78, 5) is 23.7. The van der Waals surface area contributed by atoms with Crippen LogP contribution in [-0.4, -0.2) is 23.6 Å². The highest BCUT2D eigenvalue weighted by Crippen LogP contribution is 2.59. The van der Waals surface area contributed by atoms with Gasteiger partial charge < -0.3 is 9.47 Å². The summed E-state index contributed by atoms with van der Waals surface area (Å²) in [5.74, 6) is -0.137. The maximum absolute atomic E-state index is 12.1. The molecule has 20 heavy (non-hydrogen) atoms. The summed E-state index contributed by atoms with van der Waals surface area (Å²) in [6.45, 7) is 6.06. The Labute approximate surface area is 118 Å². The van der Waals surface area contributed by atoms with Gasteiger partial charge in [0.15, 0.2) is 5.60 Å². The van der Waals surface area contributed by atoms with E-state index in [1.165, 1.54) is 0 Å². The van der Waals surface area contributed by atoms with Crippen molar-refractivity contribution in [1.82, 2.24) is 0 Å². The Kier molecular flexibility index (Phi) is 2.58. The Hall–Kier alpha value is -0.650. The molecule has 0 aromatic heterocycles. The van der Waals surface area contributed by atoms with Gasteiger partial charge in [0.05, 0.1) is 5.92 Å². The van der Waals surface area contributed by atoms with Crippen LogP contribution in [-0.2, 0) is 24.0 Å². The quantitative estimate of drug-likeness (QED) is 0.504. The average molecular weight is 282 g/mol. The lowest BCUT2D eigenvalue weighted by Crippen LogP contribution is -2.69. The number of hydrogen-bond acceptors (Lipinski definition) is 5. The lowest BCUT2D eigenvalue weighted by Gasteiger charge is -2.57. The summed E-state index contributed by atoms with van der Waals surface area (Å²) in [6, 6.07) is 0. The molecule has 5 fully saturated rings. The fraction of sp³-hybridized carbons (Fsp3) is 0.933. The van der Waals surface area contributed by atoms with Gasteiger partial charge in [0.1, 0.15) is 0 Å². The maximum atomic E-state index is 12.1. The number of esters is 1. The minimum atomic E-state index is -0.793. The molecule has 4 saturated heterocycles. The SMILES string of the molecule is CC1C(=O)O[C@H]2O[C@]3(C)CC[C@H]4C(C)CC[C@H]1[C@]24OO3. The van der Waals surface area contributed by atoms with E-state index in [1.807, 2.05) is 13.8 Å². The monoisotopic (exact) mass is 282 g/mol. The normalized spacial score (nSPS) is 57.8. The molecule has 112 valence electrons. The maximum Gasteiger partial charge on any atom is 0.311 e. The van der Waals surface area contributed by atoms with Gasteiger partial charge in [0, 0.05) is 18.3 Å². The van der Waals surface area contributed by atoms with Gasteiger partial charge in [0.2, 0.25) is 12.1 Å². The van der Waals surface area contributed by atoms with Crippen LogP contribution in [0.1, 0.15) is 46.5 Å². The van der Waals surface area contributed by atoms with Crippen molar-refractivity contribution in [1.29, 1.82) is 0 Å². The molecule has 5 aliphatic rings. The van der Waals surface area contributed by atoms with Crippen LogP contribution in [0, 0.1) is 23.7 Å². The third-order valence-electron chi connectivity index (χ3n) is 5.97. The van der Waals surface area contributed by atoms with Crippen LogP contribution in [0.3, 0.4) is 0 Å². The zero-order valence-corrected chi connectivity index (χ0v) is 12.3. The number of ether oxygens (including phenoxy) is 2. The topological polar surface area (TPSA) is 54.0 Å². The molecular formula is C15H22O5. The van der Waals surface area contributed by atoms with Gasteiger partial charge in [-0.3, -0.25) is 4.79 Å². The zero-order valence-electron chi connectivity index (χ0n) is 12.3. The smallest absolute Gasteiger partial charge is 0.311 e. The van der Waals surface area contributed by atoms with E-state index in [1.54, 1.807) is 0 Å². The molecular weight excluding hydrogens is 260 g/mol. The third-order valence-corrected chi connectivity index (χ3v) is 5.97. The van der Waals surface area contributed by atoms with Crippen molar-refractivity contribution >= 4 is 5.97 Å².